The molecule has 0 bridgehead atoms. The van der Waals surface area contributed by atoms with Gasteiger partial charge in [-0.05, 0) is 18.8 Å². The zero-order chi connectivity index (χ0) is 13.9. The fourth-order valence-electron chi connectivity index (χ4n) is 2.09. The van der Waals surface area contributed by atoms with Gasteiger partial charge in [0.05, 0.1) is 0 Å². The molecule has 1 atom stereocenters. The topological polar surface area (TPSA) is 55.1 Å². The summed E-state index contributed by atoms with van der Waals surface area (Å²) in [6.45, 7) is 10.4. The monoisotopic (exact) mass is 281 g/mol. The van der Waals surface area contributed by atoms with Crippen molar-refractivity contribution in [2.75, 3.05) is 5.75 Å². The van der Waals surface area contributed by atoms with Crippen LogP contribution in [0.5, 0.6) is 0 Å². The highest BCUT2D eigenvalue weighted by Crippen LogP contribution is 2.27. The first-order chi connectivity index (χ1) is 9.00. The molecule has 1 aromatic heterocycles. The molecule has 2 heterocycles. The molecule has 1 aliphatic rings. The molecule has 1 saturated heterocycles. The number of amidine groups is 1. The lowest BCUT2D eigenvalue weighted by Gasteiger charge is -2.35. The van der Waals surface area contributed by atoms with Crippen molar-refractivity contribution in [1.82, 2.24) is 20.1 Å². The van der Waals surface area contributed by atoms with E-state index in [9.17, 15) is 0 Å². The number of rotatable bonds is 3. The second-order valence-corrected chi connectivity index (χ2v) is 6.94. The van der Waals surface area contributed by atoms with Crippen molar-refractivity contribution >= 4 is 16.9 Å². The molecular formula is C13H23N5S. The highest BCUT2D eigenvalue weighted by Gasteiger charge is 2.28. The third-order valence-electron chi connectivity index (χ3n) is 3.39. The largest absolute Gasteiger partial charge is 0.362 e. The van der Waals surface area contributed by atoms with Gasteiger partial charge in [-0.25, -0.2) is 0 Å². The summed E-state index contributed by atoms with van der Waals surface area (Å²) >= 11 is 1.80. The number of aliphatic imine (C=N–C) groups is 1. The molecular weight excluding hydrogens is 258 g/mol. The van der Waals surface area contributed by atoms with Gasteiger partial charge in [0, 0.05) is 18.3 Å². The standard InChI is InChI=1S/C13H23N5S/c1-5-18-9-15-17-11(18)8-14-12-16-10(6-7-19-12)13(2,3)4/h9-10H,5-8H2,1-4H3,(H,14,16). The fourth-order valence-corrected chi connectivity index (χ4v) is 3.01. The molecule has 1 fully saturated rings. The normalized spacial score (nSPS) is 22.5. The van der Waals surface area contributed by atoms with Gasteiger partial charge in [-0.3, -0.25) is 4.99 Å². The summed E-state index contributed by atoms with van der Waals surface area (Å²) in [6, 6.07) is 0.497. The van der Waals surface area contributed by atoms with Crippen LogP contribution in [0.15, 0.2) is 11.3 Å². The number of nitrogens with one attached hydrogen (secondary N) is 1. The van der Waals surface area contributed by atoms with Crippen LogP contribution in [0.1, 0.15) is 39.9 Å². The van der Waals surface area contributed by atoms with Gasteiger partial charge in [0.1, 0.15) is 12.9 Å². The summed E-state index contributed by atoms with van der Waals surface area (Å²) in [5.74, 6) is 2.06. The molecule has 0 radical (unpaired) electrons. The minimum absolute atomic E-state index is 0.269. The Labute approximate surface area is 119 Å². The van der Waals surface area contributed by atoms with Crippen molar-refractivity contribution in [3.63, 3.8) is 0 Å². The number of thioether (sulfide) groups is 1. The van der Waals surface area contributed by atoms with E-state index in [1.54, 1.807) is 18.1 Å². The van der Waals surface area contributed by atoms with Crippen LogP contribution >= 0.6 is 11.8 Å². The van der Waals surface area contributed by atoms with Gasteiger partial charge in [0.2, 0.25) is 0 Å². The van der Waals surface area contributed by atoms with Crippen LogP contribution in [0, 0.1) is 5.41 Å². The minimum atomic E-state index is 0.269. The first kappa shape index (κ1) is 14.4. The van der Waals surface area contributed by atoms with Crippen molar-refractivity contribution in [2.45, 2.75) is 53.2 Å². The van der Waals surface area contributed by atoms with E-state index in [2.05, 4.69) is 48.2 Å². The summed E-state index contributed by atoms with van der Waals surface area (Å²) in [5, 5.41) is 12.6. The van der Waals surface area contributed by atoms with Gasteiger partial charge in [-0.1, -0.05) is 32.5 Å². The Morgan fingerprint density at radius 1 is 1.53 bits per heavy atom. The lowest BCUT2D eigenvalue weighted by atomic mass is 9.85. The lowest BCUT2D eigenvalue weighted by molar-refractivity contribution is 0.290. The lowest BCUT2D eigenvalue weighted by Crippen LogP contribution is -2.46. The van der Waals surface area contributed by atoms with Crippen molar-refractivity contribution < 1.29 is 0 Å². The van der Waals surface area contributed by atoms with Crippen LogP contribution in [-0.2, 0) is 13.1 Å². The van der Waals surface area contributed by atoms with Crippen LogP contribution in [0.3, 0.4) is 0 Å². The molecule has 19 heavy (non-hydrogen) atoms. The molecule has 0 amide bonds. The number of hydrogen-bond donors (Lipinski definition) is 1. The molecule has 106 valence electrons. The van der Waals surface area contributed by atoms with Gasteiger partial charge >= 0.3 is 0 Å². The number of hydrogen-bond acceptors (Lipinski definition) is 4. The Kier molecular flexibility index (Phi) is 4.50. The van der Waals surface area contributed by atoms with Crippen LogP contribution in [0.25, 0.3) is 0 Å². The summed E-state index contributed by atoms with van der Waals surface area (Å²) in [7, 11) is 0. The molecule has 0 aromatic carbocycles. The summed E-state index contributed by atoms with van der Waals surface area (Å²) in [4.78, 5) is 4.64. The number of aryl methyl sites for hydroxylation is 1. The van der Waals surface area contributed by atoms with Crippen LogP contribution in [0.4, 0.5) is 0 Å². The first-order valence-electron chi connectivity index (χ1n) is 6.81. The maximum Gasteiger partial charge on any atom is 0.157 e. The third-order valence-corrected chi connectivity index (χ3v) is 4.35. The van der Waals surface area contributed by atoms with Crippen LogP contribution < -0.4 is 5.32 Å². The van der Waals surface area contributed by atoms with E-state index in [1.165, 1.54) is 6.42 Å². The predicted octanol–water partition coefficient (Wildman–Crippen LogP) is 2.30. The molecule has 1 unspecified atom stereocenters. The van der Waals surface area contributed by atoms with Crippen molar-refractivity contribution in [3.05, 3.63) is 12.2 Å². The smallest absolute Gasteiger partial charge is 0.157 e. The molecule has 1 aromatic rings. The Morgan fingerprint density at radius 2 is 2.32 bits per heavy atom. The molecule has 1 aliphatic heterocycles. The van der Waals surface area contributed by atoms with Gasteiger partial charge in [0.15, 0.2) is 11.0 Å². The second kappa shape index (κ2) is 5.94. The highest BCUT2D eigenvalue weighted by molar-refractivity contribution is 8.13. The molecule has 0 spiro atoms. The van der Waals surface area contributed by atoms with Gasteiger partial charge in [-0.2, -0.15) is 0 Å². The Morgan fingerprint density at radius 3 is 3.00 bits per heavy atom. The van der Waals surface area contributed by atoms with Crippen molar-refractivity contribution in [3.8, 4) is 0 Å². The predicted molar refractivity (Wildman–Crippen MR) is 80.3 cm³/mol. The summed E-state index contributed by atoms with van der Waals surface area (Å²) < 4.78 is 2.03. The molecule has 0 saturated carbocycles. The molecule has 5 nitrogen and oxygen atoms in total. The van der Waals surface area contributed by atoms with Crippen LogP contribution in [-0.4, -0.2) is 31.7 Å². The molecule has 6 heteroatoms. The first-order valence-corrected chi connectivity index (χ1v) is 7.79. The molecule has 2 rings (SSSR count). The van der Waals surface area contributed by atoms with E-state index in [0.29, 0.717) is 12.6 Å². The van der Waals surface area contributed by atoms with Crippen molar-refractivity contribution in [1.29, 1.82) is 0 Å². The van der Waals surface area contributed by atoms with Gasteiger partial charge < -0.3 is 9.88 Å². The minimum Gasteiger partial charge on any atom is -0.362 e. The van der Waals surface area contributed by atoms with E-state index in [4.69, 9.17) is 0 Å². The van der Waals surface area contributed by atoms with E-state index in [0.717, 1.165) is 23.3 Å². The zero-order valence-corrected chi connectivity index (χ0v) is 13.0. The SMILES string of the molecule is CCn1cnnc1CN=C1NC(C(C)(C)C)CCS1. The van der Waals surface area contributed by atoms with E-state index < -0.39 is 0 Å². The Bertz CT molecular complexity index is 446. The van der Waals surface area contributed by atoms with Crippen LogP contribution in [0.2, 0.25) is 0 Å². The zero-order valence-electron chi connectivity index (χ0n) is 12.2. The third kappa shape index (κ3) is 3.72. The molecule has 0 aliphatic carbocycles. The molecule has 1 N–H and O–H groups in total. The average Bonchev–Trinajstić information content (AvgIpc) is 2.83. The quantitative estimate of drug-likeness (QED) is 0.923. The summed E-state index contributed by atoms with van der Waals surface area (Å²) in [6.07, 6.45) is 2.95. The average molecular weight is 281 g/mol. The van der Waals surface area contributed by atoms with Gasteiger partial charge in [-0.15, -0.1) is 10.2 Å². The summed E-state index contributed by atoms with van der Waals surface area (Å²) in [5.41, 5.74) is 0.269. The number of aromatic nitrogens is 3. The number of nitrogens with zero attached hydrogens (tertiary/aromatic N) is 4. The highest BCUT2D eigenvalue weighted by atomic mass is 32.2. The van der Waals surface area contributed by atoms with Crippen molar-refractivity contribution in [2.24, 2.45) is 10.4 Å². The Balaban J connectivity index is 2.00. The maximum absolute atomic E-state index is 4.64. The maximum atomic E-state index is 4.64. The van der Waals surface area contributed by atoms with Gasteiger partial charge in [0.25, 0.3) is 0 Å². The van der Waals surface area contributed by atoms with E-state index in [1.807, 2.05) is 4.57 Å². The van der Waals surface area contributed by atoms with E-state index >= 15 is 0 Å². The fraction of sp³-hybridized carbons (Fsp3) is 0.769. The Hall–Kier alpha value is -1.04. The van der Waals surface area contributed by atoms with E-state index in [-0.39, 0.29) is 5.41 Å². The second-order valence-electron chi connectivity index (χ2n) is 5.85.